The van der Waals surface area contributed by atoms with Gasteiger partial charge in [0.15, 0.2) is 0 Å². The van der Waals surface area contributed by atoms with Crippen molar-refractivity contribution in [1.82, 2.24) is 0 Å². The first-order chi connectivity index (χ1) is 8.74. The molecule has 3 nitrogen and oxygen atoms in total. The smallest absolute Gasteiger partial charge is 0.210 e. The van der Waals surface area contributed by atoms with E-state index in [1.165, 1.54) is 0 Å². The highest BCUT2D eigenvalue weighted by Gasteiger charge is 2.16. The van der Waals surface area contributed by atoms with Crippen LogP contribution in [0.15, 0.2) is 43.0 Å². The van der Waals surface area contributed by atoms with E-state index < -0.39 is 0 Å². The number of rotatable bonds is 9. The molecule has 1 aromatic rings. The molecule has 0 spiro atoms. The van der Waals surface area contributed by atoms with Gasteiger partial charge in [0.1, 0.15) is 0 Å². The molecule has 0 aliphatic carbocycles. The summed E-state index contributed by atoms with van der Waals surface area (Å²) in [5, 5.41) is 10.7. The SMILES string of the molecule is C=CCCCCCC(C[N+](=O)[O-])c1ccccc1. The Morgan fingerprint density at radius 3 is 2.56 bits per heavy atom. The molecule has 0 bridgehead atoms. The number of nitrogens with zero attached hydrogens (tertiary/aromatic N) is 1. The van der Waals surface area contributed by atoms with Crippen LogP contribution in [-0.4, -0.2) is 11.5 Å². The van der Waals surface area contributed by atoms with Gasteiger partial charge in [-0.2, -0.15) is 0 Å². The molecule has 0 radical (unpaired) electrons. The Bertz CT molecular complexity index is 362. The summed E-state index contributed by atoms with van der Waals surface area (Å²) < 4.78 is 0. The van der Waals surface area contributed by atoms with Crippen molar-refractivity contribution in [3.8, 4) is 0 Å². The lowest BCUT2D eigenvalue weighted by atomic mass is 9.93. The highest BCUT2D eigenvalue weighted by Crippen LogP contribution is 2.22. The zero-order valence-electron chi connectivity index (χ0n) is 10.8. The number of hydrogen-bond donors (Lipinski definition) is 0. The van der Waals surface area contributed by atoms with E-state index in [0.29, 0.717) is 0 Å². The van der Waals surface area contributed by atoms with E-state index in [9.17, 15) is 10.1 Å². The molecular weight excluding hydrogens is 226 g/mol. The van der Waals surface area contributed by atoms with Crippen molar-refractivity contribution >= 4 is 0 Å². The third-order valence-electron chi connectivity index (χ3n) is 3.10. The second-order valence-corrected chi connectivity index (χ2v) is 4.55. The van der Waals surface area contributed by atoms with Crippen LogP contribution in [0, 0.1) is 10.1 Å². The molecule has 1 atom stereocenters. The minimum absolute atomic E-state index is 0.0332. The molecule has 1 rings (SSSR count). The molecule has 0 N–H and O–H groups in total. The fraction of sp³-hybridized carbons (Fsp3) is 0.467. The predicted molar refractivity (Wildman–Crippen MR) is 74.3 cm³/mol. The zero-order chi connectivity index (χ0) is 13.2. The monoisotopic (exact) mass is 247 g/mol. The van der Waals surface area contributed by atoms with Crippen molar-refractivity contribution in [3.05, 3.63) is 58.7 Å². The van der Waals surface area contributed by atoms with Crippen LogP contribution >= 0.6 is 0 Å². The first-order valence-corrected chi connectivity index (χ1v) is 6.51. The molecule has 0 heterocycles. The maximum absolute atomic E-state index is 10.7. The topological polar surface area (TPSA) is 43.1 Å². The average Bonchev–Trinajstić information content (AvgIpc) is 2.38. The second-order valence-electron chi connectivity index (χ2n) is 4.55. The summed E-state index contributed by atoms with van der Waals surface area (Å²) in [6, 6.07) is 9.80. The molecule has 0 fully saturated rings. The van der Waals surface area contributed by atoms with Crippen LogP contribution in [0.2, 0.25) is 0 Å². The maximum atomic E-state index is 10.7. The highest BCUT2D eigenvalue weighted by atomic mass is 16.6. The van der Waals surface area contributed by atoms with E-state index in [1.54, 1.807) is 0 Å². The van der Waals surface area contributed by atoms with Gasteiger partial charge in [0.2, 0.25) is 6.54 Å². The standard InChI is InChI=1S/C15H21NO2/c1-2-3-4-5-7-12-15(13-16(17)18)14-10-8-6-9-11-14/h2,6,8-11,15H,1,3-5,7,12-13H2. The Labute approximate surface area is 109 Å². The fourth-order valence-electron chi connectivity index (χ4n) is 2.12. The van der Waals surface area contributed by atoms with Gasteiger partial charge < -0.3 is 0 Å². The molecule has 98 valence electrons. The molecule has 1 aromatic carbocycles. The number of nitro groups is 1. The third kappa shape index (κ3) is 5.62. The molecule has 0 aliphatic rings. The number of hydrogen-bond acceptors (Lipinski definition) is 2. The van der Waals surface area contributed by atoms with Gasteiger partial charge in [-0.15, -0.1) is 6.58 Å². The Morgan fingerprint density at radius 2 is 1.94 bits per heavy atom. The van der Waals surface area contributed by atoms with Gasteiger partial charge in [0, 0.05) is 10.8 Å². The summed E-state index contributed by atoms with van der Waals surface area (Å²) >= 11 is 0. The molecular formula is C15H21NO2. The molecule has 0 saturated heterocycles. The first-order valence-electron chi connectivity index (χ1n) is 6.51. The van der Waals surface area contributed by atoms with Gasteiger partial charge in [-0.3, -0.25) is 10.1 Å². The van der Waals surface area contributed by atoms with Gasteiger partial charge in [-0.05, 0) is 24.8 Å². The van der Waals surface area contributed by atoms with Crippen LogP contribution in [0.3, 0.4) is 0 Å². The van der Waals surface area contributed by atoms with Crippen molar-refractivity contribution in [2.45, 2.75) is 38.0 Å². The highest BCUT2D eigenvalue weighted by molar-refractivity contribution is 5.19. The van der Waals surface area contributed by atoms with Crippen molar-refractivity contribution in [2.75, 3.05) is 6.54 Å². The average molecular weight is 247 g/mol. The predicted octanol–water partition coefficient (Wildman–Crippen LogP) is 4.18. The summed E-state index contributed by atoms with van der Waals surface area (Å²) in [4.78, 5) is 10.5. The van der Waals surface area contributed by atoms with E-state index in [0.717, 1.165) is 37.7 Å². The fourth-order valence-corrected chi connectivity index (χ4v) is 2.12. The summed E-state index contributed by atoms with van der Waals surface area (Å²) in [7, 11) is 0. The number of benzene rings is 1. The summed E-state index contributed by atoms with van der Waals surface area (Å²) in [5.41, 5.74) is 1.08. The van der Waals surface area contributed by atoms with Crippen LogP contribution in [0.5, 0.6) is 0 Å². The van der Waals surface area contributed by atoms with Crippen molar-refractivity contribution in [1.29, 1.82) is 0 Å². The van der Waals surface area contributed by atoms with E-state index in [-0.39, 0.29) is 17.4 Å². The van der Waals surface area contributed by atoms with Crippen molar-refractivity contribution in [2.24, 2.45) is 0 Å². The lowest BCUT2D eigenvalue weighted by molar-refractivity contribution is -0.483. The van der Waals surface area contributed by atoms with E-state index >= 15 is 0 Å². The molecule has 0 aliphatic heterocycles. The van der Waals surface area contributed by atoms with Crippen LogP contribution in [0.25, 0.3) is 0 Å². The summed E-state index contributed by atoms with van der Waals surface area (Å²) in [5.74, 6) is 0.0462. The maximum Gasteiger partial charge on any atom is 0.210 e. The molecule has 1 unspecified atom stereocenters. The van der Waals surface area contributed by atoms with Gasteiger partial charge in [-0.1, -0.05) is 49.2 Å². The lowest BCUT2D eigenvalue weighted by Crippen LogP contribution is -2.12. The molecule has 3 heteroatoms. The van der Waals surface area contributed by atoms with Gasteiger partial charge in [-0.25, -0.2) is 0 Å². The van der Waals surface area contributed by atoms with Crippen molar-refractivity contribution < 1.29 is 4.92 Å². The Kier molecular flexibility index (Phi) is 6.77. The largest absolute Gasteiger partial charge is 0.265 e. The summed E-state index contributed by atoms with van der Waals surface area (Å²) in [6.07, 6.45) is 7.14. The molecule has 0 saturated carbocycles. The van der Waals surface area contributed by atoms with Gasteiger partial charge >= 0.3 is 0 Å². The van der Waals surface area contributed by atoms with Gasteiger partial charge in [0.05, 0.1) is 0 Å². The van der Waals surface area contributed by atoms with Crippen LogP contribution in [-0.2, 0) is 0 Å². The lowest BCUT2D eigenvalue weighted by Gasteiger charge is -2.12. The Hall–Kier alpha value is -1.64. The van der Waals surface area contributed by atoms with E-state index in [1.807, 2.05) is 36.4 Å². The minimum atomic E-state index is -0.207. The third-order valence-corrected chi connectivity index (χ3v) is 3.10. The van der Waals surface area contributed by atoms with Crippen LogP contribution < -0.4 is 0 Å². The Balaban J connectivity index is 2.46. The van der Waals surface area contributed by atoms with Crippen molar-refractivity contribution in [3.63, 3.8) is 0 Å². The second kappa shape index (κ2) is 8.45. The van der Waals surface area contributed by atoms with Gasteiger partial charge in [0.25, 0.3) is 0 Å². The quantitative estimate of drug-likeness (QED) is 0.284. The normalized spacial score (nSPS) is 12.0. The van der Waals surface area contributed by atoms with E-state index in [2.05, 4.69) is 6.58 Å². The van der Waals surface area contributed by atoms with E-state index in [4.69, 9.17) is 0 Å². The number of allylic oxidation sites excluding steroid dienone is 1. The Morgan fingerprint density at radius 1 is 1.22 bits per heavy atom. The zero-order valence-corrected chi connectivity index (χ0v) is 10.8. The van der Waals surface area contributed by atoms with Crippen LogP contribution in [0.1, 0.15) is 43.6 Å². The number of unbranched alkanes of at least 4 members (excludes halogenated alkanes) is 3. The first kappa shape index (κ1) is 14.4. The van der Waals surface area contributed by atoms with Crippen LogP contribution in [0.4, 0.5) is 0 Å². The molecule has 0 aromatic heterocycles. The minimum Gasteiger partial charge on any atom is -0.265 e. The molecule has 18 heavy (non-hydrogen) atoms. The molecule has 0 amide bonds. The summed E-state index contributed by atoms with van der Waals surface area (Å²) in [6.45, 7) is 3.72.